The molecule has 1 aromatic carbocycles. The Labute approximate surface area is 138 Å². The van der Waals surface area contributed by atoms with Crippen molar-refractivity contribution in [3.05, 3.63) is 53.4 Å². The van der Waals surface area contributed by atoms with Crippen molar-refractivity contribution < 1.29 is 18.7 Å². The Balaban J connectivity index is 1.62. The molecular formula is C17H19F2N3O2. The maximum Gasteiger partial charge on any atom is 0.256 e. The summed E-state index contributed by atoms with van der Waals surface area (Å²) in [6, 6.07) is 3.95. The van der Waals surface area contributed by atoms with Crippen LogP contribution in [0.1, 0.15) is 36.0 Å². The van der Waals surface area contributed by atoms with Crippen molar-refractivity contribution >= 4 is 5.91 Å². The van der Waals surface area contributed by atoms with E-state index in [1.807, 2.05) is 0 Å². The fourth-order valence-corrected chi connectivity index (χ4v) is 3.10. The largest absolute Gasteiger partial charge is 0.378 e. The summed E-state index contributed by atoms with van der Waals surface area (Å²) in [6.07, 6.45) is 3.15. The van der Waals surface area contributed by atoms with Crippen molar-refractivity contribution in [1.82, 2.24) is 14.7 Å². The normalized spacial score (nSPS) is 17.1. The number of rotatable bonds is 3. The fraction of sp³-hybridized carbons (Fsp3) is 0.412. The third-order valence-corrected chi connectivity index (χ3v) is 4.50. The van der Waals surface area contributed by atoms with Crippen molar-refractivity contribution in [2.24, 2.45) is 7.05 Å². The fourth-order valence-electron chi connectivity index (χ4n) is 3.10. The average Bonchev–Trinajstić information content (AvgIpc) is 3.02. The lowest BCUT2D eigenvalue weighted by Crippen LogP contribution is -2.40. The monoisotopic (exact) mass is 335 g/mol. The summed E-state index contributed by atoms with van der Waals surface area (Å²) in [5.41, 5.74) is 1.21. The second-order valence-corrected chi connectivity index (χ2v) is 6.12. The van der Waals surface area contributed by atoms with E-state index in [-0.39, 0.29) is 11.8 Å². The summed E-state index contributed by atoms with van der Waals surface area (Å²) >= 11 is 0. The lowest BCUT2D eigenvalue weighted by atomic mass is 9.89. The summed E-state index contributed by atoms with van der Waals surface area (Å²) in [5.74, 6) is -1.98. The molecule has 1 amide bonds. The number of aryl methyl sites for hydroxylation is 1. The predicted octanol–water partition coefficient (Wildman–Crippen LogP) is 2.14. The molecule has 0 spiro atoms. The number of aromatic nitrogens is 2. The van der Waals surface area contributed by atoms with Crippen LogP contribution in [0.5, 0.6) is 0 Å². The maximum atomic E-state index is 13.4. The summed E-state index contributed by atoms with van der Waals surface area (Å²) in [5, 5.41) is 14.1. The Bertz CT molecular complexity index is 739. The van der Waals surface area contributed by atoms with Gasteiger partial charge in [-0.1, -0.05) is 6.07 Å². The quantitative estimate of drug-likeness (QED) is 0.935. The van der Waals surface area contributed by atoms with Gasteiger partial charge in [0.1, 0.15) is 0 Å². The van der Waals surface area contributed by atoms with Crippen molar-refractivity contribution in [2.45, 2.75) is 24.9 Å². The van der Waals surface area contributed by atoms with Crippen LogP contribution in [0.25, 0.3) is 0 Å². The molecule has 1 aliphatic heterocycles. The van der Waals surface area contributed by atoms with Crippen LogP contribution < -0.4 is 0 Å². The standard InChI is InChI=1S/C17H19F2N3O2/c1-21-10-13(9-20-21)16(23)17(24)22-6-4-11(5-7-22)12-2-3-14(18)15(19)8-12/h2-3,8-11,16,23H,4-7H2,1H3. The SMILES string of the molecule is Cn1cc(C(O)C(=O)N2CCC(c3ccc(F)c(F)c3)CC2)cn1. The van der Waals surface area contributed by atoms with Gasteiger partial charge in [-0.05, 0) is 36.5 Å². The first-order chi connectivity index (χ1) is 11.5. The van der Waals surface area contributed by atoms with Gasteiger partial charge < -0.3 is 10.0 Å². The summed E-state index contributed by atoms with van der Waals surface area (Å²) in [6.45, 7) is 0.944. The van der Waals surface area contributed by atoms with Crippen molar-refractivity contribution in [3.63, 3.8) is 0 Å². The van der Waals surface area contributed by atoms with Crippen LogP contribution in [-0.2, 0) is 11.8 Å². The number of likely N-dealkylation sites (tertiary alicyclic amines) is 1. The van der Waals surface area contributed by atoms with E-state index in [2.05, 4.69) is 5.10 Å². The molecule has 2 heterocycles. The molecule has 1 saturated heterocycles. The zero-order valence-corrected chi connectivity index (χ0v) is 13.3. The molecule has 0 radical (unpaired) electrons. The molecule has 1 N–H and O–H groups in total. The molecule has 3 rings (SSSR count). The highest BCUT2D eigenvalue weighted by Crippen LogP contribution is 2.30. The van der Waals surface area contributed by atoms with Gasteiger partial charge in [-0.2, -0.15) is 5.10 Å². The predicted molar refractivity (Wildman–Crippen MR) is 83.1 cm³/mol. The Hall–Kier alpha value is -2.28. The summed E-state index contributed by atoms with van der Waals surface area (Å²) < 4.78 is 27.9. The Morgan fingerprint density at radius 3 is 2.58 bits per heavy atom. The average molecular weight is 335 g/mol. The zero-order valence-electron chi connectivity index (χ0n) is 13.3. The van der Waals surface area contributed by atoms with Gasteiger partial charge in [0.15, 0.2) is 17.7 Å². The molecule has 128 valence electrons. The number of halogens is 2. The van der Waals surface area contributed by atoms with E-state index in [1.165, 1.54) is 16.9 Å². The molecule has 0 bridgehead atoms. The van der Waals surface area contributed by atoms with E-state index in [0.717, 1.165) is 11.6 Å². The van der Waals surface area contributed by atoms with Gasteiger partial charge in [0.2, 0.25) is 0 Å². The number of hydrogen-bond donors (Lipinski definition) is 1. The van der Waals surface area contributed by atoms with Crippen molar-refractivity contribution in [2.75, 3.05) is 13.1 Å². The van der Waals surface area contributed by atoms with Crippen LogP contribution in [0.4, 0.5) is 8.78 Å². The van der Waals surface area contributed by atoms with Crippen LogP contribution in [-0.4, -0.2) is 38.8 Å². The first-order valence-corrected chi connectivity index (χ1v) is 7.86. The van der Waals surface area contributed by atoms with Gasteiger partial charge >= 0.3 is 0 Å². The summed E-state index contributed by atoms with van der Waals surface area (Å²) in [7, 11) is 1.72. The maximum absolute atomic E-state index is 13.4. The molecule has 7 heteroatoms. The molecule has 0 saturated carbocycles. The number of carbonyl (C=O) groups is 1. The van der Waals surface area contributed by atoms with Crippen LogP contribution in [0.2, 0.25) is 0 Å². The second-order valence-electron chi connectivity index (χ2n) is 6.12. The number of carbonyl (C=O) groups excluding carboxylic acids is 1. The second kappa shape index (κ2) is 6.68. The van der Waals surface area contributed by atoms with Gasteiger partial charge in [0.25, 0.3) is 5.91 Å². The number of nitrogens with zero attached hydrogens (tertiary/aromatic N) is 3. The molecule has 1 aliphatic rings. The number of benzene rings is 1. The van der Waals surface area contributed by atoms with Crippen LogP contribution in [0.15, 0.2) is 30.6 Å². The van der Waals surface area contributed by atoms with Gasteiger partial charge in [0, 0.05) is 31.9 Å². The van der Waals surface area contributed by atoms with Crippen LogP contribution in [0.3, 0.4) is 0 Å². The molecule has 5 nitrogen and oxygen atoms in total. The Morgan fingerprint density at radius 2 is 2.00 bits per heavy atom. The minimum absolute atomic E-state index is 0.0830. The van der Waals surface area contributed by atoms with E-state index in [4.69, 9.17) is 0 Å². The van der Waals surface area contributed by atoms with Gasteiger partial charge in [0.05, 0.1) is 6.20 Å². The third kappa shape index (κ3) is 3.31. The molecule has 0 aliphatic carbocycles. The topological polar surface area (TPSA) is 58.4 Å². The molecule has 1 unspecified atom stereocenters. The van der Waals surface area contributed by atoms with Gasteiger partial charge in [-0.25, -0.2) is 8.78 Å². The van der Waals surface area contributed by atoms with E-state index in [9.17, 15) is 18.7 Å². The van der Waals surface area contributed by atoms with E-state index in [1.54, 1.807) is 24.2 Å². The van der Waals surface area contributed by atoms with Crippen molar-refractivity contribution in [3.8, 4) is 0 Å². The lowest BCUT2D eigenvalue weighted by molar-refractivity contribution is -0.141. The van der Waals surface area contributed by atoms with Gasteiger partial charge in [-0.3, -0.25) is 9.48 Å². The molecule has 1 aromatic heterocycles. The Kier molecular flexibility index (Phi) is 4.62. The highest BCUT2D eigenvalue weighted by Gasteiger charge is 2.29. The van der Waals surface area contributed by atoms with Crippen molar-refractivity contribution in [1.29, 1.82) is 0 Å². The number of aliphatic hydroxyl groups excluding tert-OH is 1. The smallest absolute Gasteiger partial charge is 0.256 e. The summed E-state index contributed by atoms with van der Waals surface area (Å²) in [4.78, 5) is 14.0. The Morgan fingerprint density at radius 1 is 1.29 bits per heavy atom. The molecule has 1 atom stereocenters. The first kappa shape index (κ1) is 16.6. The molecule has 2 aromatic rings. The molecule has 1 fully saturated rings. The van der Waals surface area contributed by atoms with E-state index >= 15 is 0 Å². The van der Waals surface area contributed by atoms with Crippen LogP contribution in [0, 0.1) is 11.6 Å². The van der Waals surface area contributed by atoms with E-state index in [0.29, 0.717) is 31.5 Å². The number of hydrogen-bond acceptors (Lipinski definition) is 3. The number of piperidine rings is 1. The van der Waals surface area contributed by atoms with E-state index < -0.39 is 17.7 Å². The lowest BCUT2D eigenvalue weighted by Gasteiger charge is -2.33. The first-order valence-electron chi connectivity index (χ1n) is 7.86. The minimum atomic E-state index is -1.22. The number of aliphatic hydroxyl groups is 1. The minimum Gasteiger partial charge on any atom is -0.378 e. The molecule has 24 heavy (non-hydrogen) atoms. The van der Waals surface area contributed by atoms with Crippen LogP contribution >= 0.6 is 0 Å². The molecular weight excluding hydrogens is 316 g/mol. The number of amides is 1. The van der Waals surface area contributed by atoms with Gasteiger partial charge in [-0.15, -0.1) is 0 Å². The zero-order chi connectivity index (χ0) is 17.3. The third-order valence-electron chi connectivity index (χ3n) is 4.50. The highest BCUT2D eigenvalue weighted by atomic mass is 19.2. The highest BCUT2D eigenvalue weighted by molar-refractivity contribution is 5.82.